The zero-order valence-electron chi connectivity index (χ0n) is 15.9. The summed E-state index contributed by atoms with van der Waals surface area (Å²) in [5, 5.41) is 3.01. The third-order valence-corrected chi connectivity index (χ3v) is 5.33. The van der Waals surface area contributed by atoms with E-state index in [0.29, 0.717) is 25.5 Å². The van der Waals surface area contributed by atoms with Gasteiger partial charge >= 0.3 is 0 Å². The first-order valence-electron chi connectivity index (χ1n) is 9.26. The largest absolute Gasteiger partial charge is 0.486 e. The highest BCUT2D eigenvalue weighted by Crippen LogP contribution is 2.34. The Balaban J connectivity index is 1.43. The maximum atomic E-state index is 12.2. The van der Waals surface area contributed by atoms with Crippen LogP contribution in [-0.4, -0.2) is 44.5 Å². The highest BCUT2D eigenvalue weighted by atomic mass is 32.2. The summed E-state index contributed by atoms with van der Waals surface area (Å²) in [5.41, 5.74) is 2.43. The topological polar surface area (TPSA) is 50.8 Å². The molecule has 0 aromatic heterocycles. The predicted molar refractivity (Wildman–Crippen MR) is 110 cm³/mol. The lowest BCUT2D eigenvalue weighted by atomic mass is 10.2. The first kappa shape index (κ1) is 19.4. The van der Waals surface area contributed by atoms with E-state index in [1.165, 1.54) is 23.0 Å². The molecular weight excluding hydrogens is 360 g/mol. The van der Waals surface area contributed by atoms with Gasteiger partial charge in [-0.3, -0.25) is 4.79 Å². The van der Waals surface area contributed by atoms with Crippen LogP contribution in [0.3, 0.4) is 0 Å². The molecule has 0 aliphatic carbocycles. The summed E-state index contributed by atoms with van der Waals surface area (Å²) >= 11 is 1.50. The summed E-state index contributed by atoms with van der Waals surface area (Å²) in [5.74, 6) is 1.94. The van der Waals surface area contributed by atoms with Crippen molar-refractivity contribution >= 4 is 23.4 Å². The number of thioether (sulfide) groups is 1. The van der Waals surface area contributed by atoms with Crippen molar-refractivity contribution in [1.82, 2.24) is 5.32 Å². The molecule has 144 valence electrons. The zero-order chi connectivity index (χ0) is 19.1. The van der Waals surface area contributed by atoms with Crippen LogP contribution in [0.5, 0.6) is 11.5 Å². The van der Waals surface area contributed by atoms with Crippen molar-refractivity contribution < 1.29 is 14.3 Å². The summed E-state index contributed by atoms with van der Waals surface area (Å²) in [4.78, 5) is 15.4. The van der Waals surface area contributed by atoms with Crippen LogP contribution in [-0.2, 0) is 4.79 Å². The molecule has 0 fully saturated rings. The second-order valence-electron chi connectivity index (χ2n) is 6.36. The number of carbonyl (C=O) groups excluding carboxylic acids is 1. The van der Waals surface area contributed by atoms with E-state index in [1.54, 1.807) is 0 Å². The van der Waals surface area contributed by atoms with Gasteiger partial charge in [0.25, 0.3) is 0 Å². The molecule has 1 aliphatic rings. The fourth-order valence-electron chi connectivity index (χ4n) is 2.94. The second-order valence-corrected chi connectivity index (χ2v) is 7.41. The second kappa shape index (κ2) is 9.55. The van der Waals surface area contributed by atoms with E-state index in [-0.39, 0.29) is 5.91 Å². The Morgan fingerprint density at radius 1 is 1.15 bits per heavy atom. The first-order valence-corrected chi connectivity index (χ1v) is 10.2. The van der Waals surface area contributed by atoms with Gasteiger partial charge in [0.05, 0.1) is 5.75 Å². The number of ether oxygens (including phenoxy) is 2. The molecule has 2 aromatic rings. The number of aryl methyl sites for hydroxylation is 1. The molecule has 2 aromatic carbocycles. The molecule has 5 nitrogen and oxygen atoms in total. The quantitative estimate of drug-likeness (QED) is 0.704. The van der Waals surface area contributed by atoms with Gasteiger partial charge in [0.2, 0.25) is 5.91 Å². The van der Waals surface area contributed by atoms with Crippen LogP contribution in [0.25, 0.3) is 0 Å². The molecule has 0 spiro atoms. The van der Waals surface area contributed by atoms with Gasteiger partial charge in [-0.2, -0.15) is 0 Å². The molecule has 0 unspecified atom stereocenters. The van der Waals surface area contributed by atoms with Crippen molar-refractivity contribution in [2.75, 3.05) is 43.5 Å². The first-order chi connectivity index (χ1) is 13.2. The van der Waals surface area contributed by atoms with Gasteiger partial charge in [-0.15, -0.1) is 11.8 Å². The smallest absolute Gasteiger partial charge is 0.230 e. The minimum absolute atomic E-state index is 0.0372. The van der Waals surface area contributed by atoms with E-state index >= 15 is 0 Å². The molecule has 0 atom stereocenters. The van der Waals surface area contributed by atoms with Crippen molar-refractivity contribution in [1.29, 1.82) is 0 Å². The Labute approximate surface area is 165 Å². The minimum atomic E-state index is 0.0372. The normalized spacial score (nSPS) is 12.5. The van der Waals surface area contributed by atoms with Crippen molar-refractivity contribution in [3.8, 4) is 11.5 Å². The van der Waals surface area contributed by atoms with Gasteiger partial charge in [-0.25, -0.2) is 0 Å². The highest BCUT2D eigenvalue weighted by molar-refractivity contribution is 8.00. The Bertz CT molecular complexity index is 782. The summed E-state index contributed by atoms with van der Waals surface area (Å²) in [6, 6.07) is 14.2. The van der Waals surface area contributed by atoms with Gasteiger partial charge in [0, 0.05) is 30.2 Å². The molecule has 0 bridgehead atoms. The molecule has 0 radical (unpaired) electrons. The minimum Gasteiger partial charge on any atom is -0.486 e. The predicted octanol–water partition coefficient (Wildman–Crippen LogP) is 3.50. The lowest BCUT2D eigenvalue weighted by molar-refractivity contribution is -0.118. The SMILES string of the molecule is CCN(CCNC(=O)CSc1ccc2c(c1)OCCO2)c1cccc(C)c1. The Kier molecular flexibility index (Phi) is 6.87. The standard InChI is InChI=1S/C21H26N2O3S/c1-3-23(17-6-4-5-16(2)13-17)10-9-22-21(24)15-27-18-7-8-19-20(14-18)26-12-11-25-19/h4-8,13-14H,3,9-12,15H2,1-2H3,(H,22,24). The number of fused-ring (bicyclic) bond motifs is 1. The molecule has 1 aliphatic heterocycles. The third kappa shape index (κ3) is 5.57. The van der Waals surface area contributed by atoms with E-state index in [1.807, 2.05) is 18.2 Å². The Hall–Kier alpha value is -2.34. The molecule has 1 N–H and O–H groups in total. The van der Waals surface area contributed by atoms with Crippen LogP contribution in [0.1, 0.15) is 12.5 Å². The van der Waals surface area contributed by atoms with Gasteiger partial charge in [0.15, 0.2) is 11.5 Å². The van der Waals surface area contributed by atoms with Gasteiger partial charge in [0.1, 0.15) is 13.2 Å². The molecule has 6 heteroatoms. The summed E-state index contributed by atoms with van der Waals surface area (Å²) in [7, 11) is 0. The van der Waals surface area contributed by atoms with Gasteiger partial charge in [-0.1, -0.05) is 12.1 Å². The van der Waals surface area contributed by atoms with Gasteiger partial charge < -0.3 is 19.7 Å². The fourth-order valence-corrected chi connectivity index (χ4v) is 3.69. The summed E-state index contributed by atoms with van der Waals surface area (Å²) < 4.78 is 11.1. The molecule has 3 rings (SSSR count). The zero-order valence-corrected chi connectivity index (χ0v) is 16.7. The van der Waals surface area contributed by atoms with Gasteiger partial charge in [-0.05, 0) is 49.7 Å². The van der Waals surface area contributed by atoms with Crippen molar-refractivity contribution in [2.45, 2.75) is 18.7 Å². The lowest BCUT2D eigenvalue weighted by Gasteiger charge is -2.23. The van der Waals surface area contributed by atoms with Crippen LogP contribution in [0.4, 0.5) is 5.69 Å². The molecule has 27 heavy (non-hydrogen) atoms. The number of hydrogen-bond donors (Lipinski definition) is 1. The van der Waals surface area contributed by atoms with Crippen molar-refractivity contribution in [2.24, 2.45) is 0 Å². The van der Waals surface area contributed by atoms with Crippen molar-refractivity contribution in [3.63, 3.8) is 0 Å². The number of nitrogens with one attached hydrogen (secondary N) is 1. The maximum absolute atomic E-state index is 12.2. The number of rotatable bonds is 8. The molecule has 0 saturated heterocycles. The van der Waals surface area contributed by atoms with Crippen LogP contribution >= 0.6 is 11.8 Å². The summed E-state index contributed by atoms with van der Waals surface area (Å²) in [6.07, 6.45) is 0. The fraction of sp³-hybridized carbons (Fsp3) is 0.381. The van der Waals surface area contributed by atoms with E-state index < -0.39 is 0 Å². The molecule has 1 amide bonds. The van der Waals surface area contributed by atoms with E-state index in [0.717, 1.165) is 29.5 Å². The van der Waals surface area contributed by atoms with E-state index in [4.69, 9.17) is 9.47 Å². The molecule has 1 heterocycles. The number of nitrogens with zero attached hydrogens (tertiary/aromatic N) is 1. The third-order valence-electron chi connectivity index (χ3n) is 4.34. The maximum Gasteiger partial charge on any atom is 0.230 e. The average molecular weight is 387 g/mol. The number of anilines is 1. The number of likely N-dealkylation sites (N-methyl/N-ethyl adjacent to an activating group) is 1. The molecular formula is C21H26N2O3S. The van der Waals surface area contributed by atoms with Crippen LogP contribution in [0, 0.1) is 6.92 Å². The number of carbonyl (C=O) groups is 1. The lowest BCUT2D eigenvalue weighted by Crippen LogP contribution is -2.35. The van der Waals surface area contributed by atoms with Crippen molar-refractivity contribution in [3.05, 3.63) is 48.0 Å². The monoisotopic (exact) mass is 386 g/mol. The Morgan fingerprint density at radius 2 is 1.96 bits per heavy atom. The molecule has 0 saturated carbocycles. The van der Waals surface area contributed by atoms with Crippen LogP contribution in [0.2, 0.25) is 0 Å². The summed E-state index contributed by atoms with van der Waals surface area (Å²) in [6.45, 7) is 7.69. The van der Waals surface area contributed by atoms with Crippen LogP contribution < -0.4 is 19.7 Å². The average Bonchev–Trinajstić information content (AvgIpc) is 2.69. The number of amides is 1. The van der Waals surface area contributed by atoms with Crippen LogP contribution in [0.15, 0.2) is 47.4 Å². The van der Waals surface area contributed by atoms with E-state index in [9.17, 15) is 4.79 Å². The number of hydrogen-bond acceptors (Lipinski definition) is 5. The number of benzene rings is 2. The Morgan fingerprint density at radius 3 is 2.74 bits per heavy atom. The van der Waals surface area contributed by atoms with E-state index in [2.05, 4.69) is 48.3 Å². The highest BCUT2D eigenvalue weighted by Gasteiger charge is 2.12.